The molecule has 3 heterocycles. The van der Waals surface area contributed by atoms with Crippen LogP contribution in [0.5, 0.6) is 0 Å². The number of aromatic amines is 1. The Labute approximate surface area is 178 Å². The monoisotopic (exact) mass is 520 g/mol. The van der Waals surface area contributed by atoms with Crippen LogP contribution < -0.4 is 21.7 Å². The third kappa shape index (κ3) is 6.31. The average Bonchev–Trinajstić information content (AvgIpc) is 3.01. The molecule has 6 atom stereocenters. The van der Waals surface area contributed by atoms with Gasteiger partial charge in [0.1, 0.15) is 12.3 Å². The van der Waals surface area contributed by atoms with Crippen LogP contribution in [0.15, 0.2) is 15.8 Å². The molecule has 20 heteroatoms. The van der Waals surface area contributed by atoms with Crippen molar-refractivity contribution in [3.8, 4) is 0 Å². The second kappa shape index (κ2) is 9.05. The topological polar surface area (TPSA) is 245 Å². The van der Waals surface area contributed by atoms with Gasteiger partial charge in [0.05, 0.1) is 19.2 Å². The van der Waals surface area contributed by atoms with Gasteiger partial charge in [0.2, 0.25) is 5.91 Å². The molecule has 2 aliphatic rings. The normalized spacial score (nSPS) is 39.2. The van der Waals surface area contributed by atoms with Crippen molar-refractivity contribution in [1.82, 2.24) is 20.0 Å². The van der Waals surface area contributed by atoms with Crippen LogP contribution in [0.1, 0.15) is 18.2 Å². The van der Waals surface area contributed by atoms with Gasteiger partial charge in [-0.2, -0.15) is 8.62 Å². The van der Waals surface area contributed by atoms with Gasteiger partial charge in [-0.05, 0) is 6.92 Å². The average molecular weight is 520 g/mol. The Kier molecular flexibility index (Phi) is 7.11. The highest BCUT2D eigenvalue weighted by Gasteiger charge is 2.44. The molecule has 0 bridgehead atoms. The van der Waals surface area contributed by atoms with Gasteiger partial charge in [-0.25, -0.2) is 23.6 Å². The lowest BCUT2D eigenvalue weighted by Gasteiger charge is -2.21. The molecule has 2 saturated heterocycles. The summed E-state index contributed by atoms with van der Waals surface area (Å²) in [5.74, 6) is -0.882. The second-order valence-electron chi connectivity index (χ2n) is 6.77. The third-order valence-electron chi connectivity index (χ3n) is 4.30. The van der Waals surface area contributed by atoms with Crippen molar-refractivity contribution in [2.24, 2.45) is 0 Å². The maximum Gasteiger partial charge on any atom is 0.489 e. The van der Waals surface area contributed by atoms with E-state index in [1.807, 2.05) is 0 Å². The second-order valence-corrected chi connectivity index (χ2v) is 11.6. The Morgan fingerprint density at radius 3 is 2.47 bits per heavy atom. The maximum atomic E-state index is 12.2. The summed E-state index contributed by atoms with van der Waals surface area (Å²) in [6.07, 6.45) is -1.08. The van der Waals surface area contributed by atoms with E-state index in [1.54, 1.807) is 5.09 Å². The first-order valence-corrected chi connectivity index (χ1v) is 13.3. The van der Waals surface area contributed by atoms with E-state index in [2.05, 4.69) is 23.4 Å². The molecule has 0 radical (unpaired) electrons. The Morgan fingerprint density at radius 1 is 1.09 bits per heavy atom. The zero-order valence-electron chi connectivity index (χ0n) is 16.1. The predicted octanol–water partition coefficient (Wildman–Crippen LogP) is -1.43. The molecule has 1 aromatic heterocycles. The lowest BCUT2D eigenvalue weighted by atomic mass is 10.1. The van der Waals surface area contributed by atoms with Crippen molar-refractivity contribution in [2.75, 3.05) is 13.2 Å². The minimum absolute atomic E-state index is 0.0759. The van der Waals surface area contributed by atoms with E-state index in [9.17, 15) is 42.8 Å². The molecule has 3 rings (SSSR count). The van der Waals surface area contributed by atoms with E-state index in [4.69, 9.17) is 4.74 Å². The van der Waals surface area contributed by atoms with Crippen molar-refractivity contribution >= 4 is 29.3 Å². The quantitative estimate of drug-likeness (QED) is 0.233. The van der Waals surface area contributed by atoms with Gasteiger partial charge in [-0.15, -0.1) is 0 Å². The molecule has 2 aliphatic heterocycles. The van der Waals surface area contributed by atoms with Crippen LogP contribution in [-0.2, 0) is 36.4 Å². The number of aromatic nitrogens is 2. The van der Waals surface area contributed by atoms with Crippen LogP contribution in [0.25, 0.3) is 0 Å². The van der Waals surface area contributed by atoms with Crippen LogP contribution >= 0.6 is 23.4 Å². The number of H-pyrrole nitrogens is 1. The molecule has 0 aliphatic carbocycles. The molecule has 0 saturated carbocycles. The van der Waals surface area contributed by atoms with Crippen molar-refractivity contribution in [1.29, 1.82) is 0 Å². The molecule has 2 fully saturated rings. The summed E-state index contributed by atoms with van der Waals surface area (Å²) < 4.78 is 54.7. The van der Waals surface area contributed by atoms with Gasteiger partial charge in [0.15, 0.2) is 0 Å². The number of ether oxygens (including phenoxy) is 1. The lowest BCUT2D eigenvalue weighted by Crippen LogP contribution is -2.45. The number of rotatable bonds is 1. The van der Waals surface area contributed by atoms with Crippen LogP contribution in [0.3, 0.4) is 0 Å². The summed E-state index contributed by atoms with van der Waals surface area (Å²) in [4.78, 5) is 66.6. The molecule has 1 aromatic rings. The van der Waals surface area contributed by atoms with E-state index in [0.29, 0.717) is 0 Å². The standard InChI is InChI=1S/C12H19N4O13P3/c1-6-4-16(12(19)15-11(6)18)10-2-7-8(27-10)5-26-31(22,23)29-32(24,25)28-30(20,21)13-3-9(17)14-7/h4,7-8,10H,2-3,5H2,1H3,(H,14,17)(H,22,23)(H,24,25)(H2,13,20,21)(H,15,18,19)/t7-,8+,10+/m0/s1. The first-order valence-electron chi connectivity index (χ1n) is 8.74. The summed E-state index contributed by atoms with van der Waals surface area (Å²) in [7, 11) is -16.0. The number of carbonyl (C=O) groups excluding carboxylic acids is 1. The first kappa shape index (κ1) is 25.1. The molecule has 6 N–H and O–H groups in total. The van der Waals surface area contributed by atoms with E-state index in [0.717, 1.165) is 4.57 Å². The third-order valence-corrected chi connectivity index (χ3v) is 8.70. The number of aryl methyl sites for hydroxylation is 1. The number of phosphoric acid groups is 2. The Hall–Kier alpha value is -1.48. The number of nitrogens with one attached hydrogen (secondary N) is 3. The first-order chi connectivity index (χ1) is 14.7. The van der Waals surface area contributed by atoms with Crippen LogP contribution in [-0.4, -0.2) is 55.4 Å². The van der Waals surface area contributed by atoms with Gasteiger partial charge in [0.25, 0.3) is 5.56 Å². The Bertz CT molecular complexity index is 1160. The van der Waals surface area contributed by atoms with Gasteiger partial charge in [-0.1, -0.05) is 0 Å². The summed E-state index contributed by atoms with van der Waals surface area (Å²) in [5.41, 5.74) is -1.24. The predicted molar refractivity (Wildman–Crippen MR) is 102 cm³/mol. The van der Waals surface area contributed by atoms with Gasteiger partial charge >= 0.3 is 29.1 Å². The molecule has 0 spiro atoms. The van der Waals surface area contributed by atoms with Crippen molar-refractivity contribution in [3.63, 3.8) is 0 Å². The van der Waals surface area contributed by atoms with Crippen molar-refractivity contribution in [2.45, 2.75) is 31.7 Å². The van der Waals surface area contributed by atoms with E-state index in [1.165, 1.54) is 13.1 Å². The van der Waals surface area contributed by atoms with Crippen LogP contribution in [0.2, 0.25) is 0 Å². The molecule has 17 nitrogen and oxygen atoms in total. The summed E-state index contributed by atoms with van der Waals surface area (Å²) >= 11 is 0. The highest BCUT2D eigenvalue weighted by atomic mass is 31.3. The highest BCUT2D eigenvalue weighted by Crippen LogP contribution is 2.66. The van der Waals surface area contributed by atoms with Crippen LogP contribution in [0, 0.1) is 6.92 Å². The Balaban J connectivity index is 1.89. The highest BCUT2D eigenvalue weighted by molar-refractivity contribution is 7.67. The minimum Gasteiger partial charge on any atom is -0.350 e. The fourth-order valence-electron chi connectivity index (χ4n) is 2.94. The molecular weight excluding hydrogens is 501 g/mol. The number of nitrogens with zero attached hydrogens (tertiary/aromatic N) is 1. The number of carbonyl (C=O) groups is 1. The molecule has 1 amide bonds. The van der Waals surface area contributed by atoms with Crippen molar-refractivity contribution < 1.29 is 51.1 Å². The maximum absolute atomic E-state index is 12.2. The lowest BCUT2D eigenvalue weighted by molar-refractivity contribution is -0.121. The zero-order chi connectivity index (χ0) is 23.9. The zero-order valence-corrected chi connectivity index (χ0v) is 18.8. The summed E-state index contributed by atoms with van der Waals surface area (Å²) in [6.45, 7) is -0.191. The van der Waals surface area contributed by atoms with E-state index < -0.39 is 72.1 Å². The SMILES string of the molecule is Cc1cn([C@H]2C[C@@H]3NC(=O)CNP(=O)(O)OP(=O)(O)OP(=O)(O)OC[C@H]3O2)c(=O)[nH]c1=O. The molecule has 3 unspecified atom stereocenters. The van der Waals surface area contributed by atoms with Gasteiger partial charge in [-0.3, -0.25) is 23.7 Å². The molecule has 32 heavy (non-hydrogen) atoms. The fraction of sp³-hybridized carbons (Fsp3) is 0.583. The Morgan fingerprint density at radius 2 is 1.78 bits per heavy atom. The van der Waals surface area contributed by atoms with Gasteiger partial charge < -0.3 is 24.7 Å². The van der Waals surface area contributed by atoms with Crippen LogP contribution in [0.4, 0.5) is 0 Å². The van der Waals surface area contributed by atoms with E-state index in [-0.39, 0.29) is 12.0 Å². The number of phosphoric ester groups is 1. The number of hydrogen-bond acceptors (Lipinski definition) is 10. The number of amides is 1. The number of hydrogen-bond donors (Lipinski definition) is 6. The summed E-state index contributed by atoms with van der Waals surface area (Å²) in [6, 6.07) is -0.950. The molecule has 180 valence electrons. The smallest absolute Gasteiger partial charge is 0.350 e. The number of fused-ring (bicyclic) bond motifs is 1. The largest absolute Gasteiger partial charge is 0.489 e. The minimum atomic E-state index is -5.59. The van der Waals surface area contributed by atoms with Gasteiger partial charge in [0, 0.05) is 18.2 Å². The summed E-state index contributed by atoms with van der Waals surface area (Å²) in [5, 5.41) is 4.12. The molecule has 0 aromatic carbocycles. The van der Waals surface area contributed by atoms with E-state index >= 15 is 0 Å². The fourth-order valence-corrected chi connectivity index (χ4v) is 6.59. The molecular formula is C12H19N4O13P3. The van der Waals surface area contributed by atoms with Crippen molar-refractivity contribution in [3.05, 3.63) is 32.6 Å².